The molecular formula is C7H6N3NaO2. The van der Waals surface area contributed by atoms with Crippen molar-refractivity contribution in [3.05, 3.63) is 30.2 Å². The Bertz CT molecular complexity index is 445. The summed E-state index contributed by atoms with van der Waals surface area (Å²) in [4.78, 5) is 10.6. The Labute approximate surface area is 97.2 Å². The number of aromatic nitrogens is 3. The van der Waals surface area contributed by atoms with Crippen LogP contribution in [0.25, 0.3) is 5.65 Å². The smallest absolute Gasteiger partial charge is 1.00 e. The average Bonchev–Trinajstić information content (AvgIpc) is 2.47. The molecule has 2 aromatic rings. The van der Waals surface area contributed by atoms with Gasteiger partial charge in [-0.15, -0.1) is 10.2 Å². The first-order valence-electron chi connectivity index (χ1n) is 3.32. The topological polar surface area (TPSA) is 67.5 Å². The van der Waals surface area contributed by atoms with Crippen LogP contribution in [0.5, 0.6) is 0 Å². The number of nitrogens with zero attached hydrogens (tertiary/aromatic N) is 3. The van der Waals surface area contributed by atoms with Crippen LogP contribution in [0, 0.1) is 0 Å². The van der Waals surface area contributed by atoms with Crippen molar-refractivity contribution in [1.82, 2.24) is 14.6 Å². The number of rotatable bonds is 1. The van der Waals surface area contributed by atoms with E-state index in [2.05, 4.69) is 10.2 Å². The Kier molecular flexibility index (Phi) is 3.02. The van der Waals surface area contributed by atoms with Gasteiger partial charge in [-0.25, -0.2) is 4.79 Å². The van der Waals surface area contributed by atoms with Gasteiger partial charge in [-0.05, 0) is 12.1 Å². The third-order valence-corrected chi connectivity index (χ3v) is 1.51. The van der Waals surface area contributed by atoms with Crippen molar-refractivity contribution in [3.63, 3.8) is 0 Å². The first kappa shape index (κ1) is 10.2. The molecule has 0 atom stereocenters. The van der Waals surface area contributed by atoms with Gasteiger partial charge in [0.15, 0.2) is 5.65 Å². The van der Waals surface area contributed by atoms with E-state index < -0.39 is 5.97 Å². The van der Waals surface area contributed by atoms with E-state index in [1.54, 1.807) is 24.4 Å². The molecule has 2 aromatic heterocycles. The number of carboxylic acids is 1. The molecule has 5 nitrogen and oxygen atoms in total. The standard InChI is InChI=1S/C7H5N3O2.Na.H/c11-7(12)6-9-8-5-3-1-2-4-10(5)6;;/h1-4H,(H,11,12);;/q;+1;-1. The first-order chi connectivity index (χ1) is 5.79. The first-order valence-corrected chi connectivity index (χ1v) is 3.32. The van der Waals surface area contributed by atoms with Gasteiger partial charge in [-0.2, -0.15) is 0 Å². The van der Waals surface area contributed by atoms with Crippen molar-refractivity contribution >= 4 is 11.6 Å². The maximum Gasteiger partial charge on any atom is 1.00 e. The number of carboxylic acid groups (broad SMARTS) is 1. The number of carbonyl (C=O) groups is 1. The van der Waals surface area contributed by atoms with Crippen LogP contribution < -0.4 is 29.6 Å². The van der Waals surface area contributed by atoms with Gasteiger partial charge in [-0.3, -0.25) is 4.40 Å². The van der Waals surface area contributed by atoms with E-state index in [4.69, 9.17) is 5.11 Å². The number of hydrogen-bond donors (Lipinski definition) is 1. The van der Waals surface area contributed by atoms with Gasteiger partial charge in [0.1, 0.15) is 0 Å². The third-order valence-electron chi connectivity index (χ3n) is 1.51. The second-order valence-corrected chi connectivity index (χ2v) is 2.26. The number of fused-ring (bicyclic) bond motifs is 1. The molecule has 6 heteroatoms. The summed E-state index contributed by atoms with van der Waals surface area (Å²) in [5.41, 5.74) is 0.537. The summed E-state index contributed by atoms with van der Waals surface area (Å²) in [6.07, 6.45) is 1.61. The molecule has 0 radical (unpaired) electrons. The van der Waals surface area contributed by atoms with Crippen molar-refractivity contribution in [2.75, 3.05) is 0 Å². The van der Waals surface area contributed by atoms with Crippen molar-refractivity contribution < 1.29 is 40.9 Å². The summed E-state index contributed by atoms with van der Waals surface area (Å²) in [5, 5.41) is 15.8. The van der Waals surface area contributed by atoms with Crippen LogP contribution in [0.1, 0.15) is 12.0 Å². The van der Waals surface area contributed by atoms with Crippen molar-refractivity contribution in [3.8, 4) is 0 Å². The molecule has 1 N–H and O–H groups in total. The molecule has 0 saturated carbocycles. The van der Waals surface area contributed by atoms with Crippen molar-refractivity contribution in [1.29, 1.82) is 0 Å². The van der Waals surface area contributed by atoms with Gasteiger partial charge in [-0.1, -0.05) is 6.07 Å². The van der Waals surface area contributed by atoms with Gasteiger partial charge in [0, 0.05) is 6.20 Å². The van der Waals surface area contributed by atoms with Gasteiger partial charge in [0.2, 0.25) is 5.82 Å². The summed E-state index contributed by atoms with van der Waals surface area (Å²) < 4.78 is 1.42. The SMILES string of the molecule is O=C(O)c1nnc2ccccn12.[H-].[Na+]. The van der Waals surface area contributed by atoms with E-state index in [0.29, 0.717) is 5.65 Å². The van der Waals surface area contributed by atoms with E-state index in [1.165, 1.54) is 4.40 Å². The summed E-state index contributed by atoms with van der Waals surface area (Å²) in [6.45, 7) is 0. The van der Waals surface area contributed by atoms with Crippen LogP contribution in [-0.4, -0.2) is 25.7 Å². The van der Waals surface area contributed by atoms with Crippen LogP contribution >= 0.6 is 0 Å². The van der Waals surface area contributed by atoms with E-state index in [1.807, 2.05) is 0 Å². The Balaban J connectivity index is 0.000000845. The Morgan fingerprint density at radius 2 is 2.23 bits per heavy atom. The molecule has 2 rings (SSSR count). The van der Waals surface area contributed by atoms with Crippen LogP contribution in [0.15, 0.2) is 24.4 Å². The van der Waals surface area contributed by atoms with Gasteiger partial charge >= 0.3 is 35.5 Å². The van der Waals surface area contributed by atoms with Crippen molar-refractivity contribution in [2.24, 2.45) is 0 Å². The predicted octanol–water partition coefficient (Wildman–Crippen LogP) is -2.46. The van der Waals surface area contributed by atoms with E-state index in [9.17, 15) is 4.79 Å². The maximum atomic E-state index is 10.6. The minimum Gasteiger partial charge on any atom is -1.00 e. The minimum atomic E-state index is -1.08. The van der Waals surface area contributed by atoms with E-state index in [-0.39, 0.29) is 36.8 Å². The number of aromatic carboxylic acids is 1. The molecule has 2 heterocycles. The average molecular weight is 187 g/mol. The summed E-state index contributed by atoms with van der Waals surface area (Å²) in [6, 6.07) is 5.19. The quantitative estimate of drug-likeness (QED) is 0.503. The van der Waals surface area contributed by atoms with Crippen LogP contribution in [-0.2, 0) is 0 Å². The largest absolute Gasteiger partial charge is 1.00 e. The van der Waals surface area contributed by atoms with Crippen LogP contribution in [0.2, 0.25) is 0 Å². The van der Waals surface area contributed by atoms with Crippen LogP contribution in [0.4, 0.5) is 0 Å². The molecule has 0 aromatic carbocycles. The Morgan fingerprint density at radius 1 is 1.46 bits per heavy atom. The zero-order chi connectivity index (χ0) is 8.55. The van der Waals surface area contributed by atoms with Gasteiger partial charge in [0.25, 0.3) is 0 Å². The summed E-state index contributed by atoms with van der Waals surface area (Å²) in [7, 11) is 0. The van der Waals surface area contributed by atoms with Gasteiger partial charge in [0.05, 0.1) is 0 Å². The number of pyridine rings is 1. The molecule has 13 heavy (non-hydrogen) atoms. The molecule has 0 spiro atoms. The zero-order valence-corrected chi connectivity index (χ0v) is 9.01. The molecule has 62 valence electrons. The normalized spacial score (nSPS) is 9.54. The molecule has 0 aliphatic rings. The molecule has 0 bridgehead atoms. The minimum absolute atomic E-state index is 0. The molecular weight excluding hydrogens is 181 g/mol. The Hall–Kier alpha value is -0.910. The fraction of sp³-hybridized carbons (Fsp3) is 0. The summed E-state index contributed by atoms with van der Waals surface area (Å²) in [5.74, 6) is -1.14. The molecule has 0 unspecified atom stereocenters. The second-order valence-electron chi connectivity index (χ2n) is 2.26. The van der Waals surface area contributed by atoms with Crippen molar-refractivity contribution in [2.45, 2.75) is 0 Å². The second kappa shape index (κ2) is 3.87. The van der Waals surface area contributed by atoms with Crippen LogP contribution in [0.3, 0.4) is 0 Å². The maximum absolute atomic E-state index is 10.6. The predicted molar refractivity (Wildman–Crippen MR) is 41.1 cm³/mol. The fourth-order valence-corrected chi connectivity index (χ4v) is 0.987. The monoisotopic (exact) mass is 187 g/mol. The van der Waals surface area contributed by atoms with Gasteiger partial charge < -0.3 is 6.53 Å². The fourth-order valence-electron chi connectivity index (χ4n) is 0.987. The molecule has 0 aliphatic carbocycles. The molecule has 0 fully saturated rings. The number of hydrogen-bond acceptors (Lipinski definition) is 3. The van der Waals surface area contributed by atoms with E-state index >= 15 is 0 Å². The molecule has 0 amide bonds. The molecule has 0 aliphatic heterocycles. The zero-order valence-electron chi connectivity index (χ0n) is 8.01. The summed E-state index contributed by atoms with van der Waals surface area (Å²) >= 11 is 0. The van der Waals surface area contributed by atoms with E-state index in [0.717, 1.165) is 0 Å². The third kappa shape index (κ3) is 1.72. The molecule has 0 saturated heterocycles. The Morgan fingerprint density at radius 3 is 2.92 bits per heavy atom.